The summed E-state index contributed by atoms with van der Waals surface area (Å²) in [4.78, 5) is 4.27. The summed E-state index contributed by atoms with van der Waals surface area (Å²) < 4.78 is 5.81. The van der Waals surface area contributed by atoms with Crippen LogP contribution in [0.4, 0.5) is 5.82 Å². The Labute approximate surface area is 118 Å². The third-order valence-corrected chi connectivity index (χ3v) is 3.21. The quantitative estimate of drug-likeness (QED) is 0.777. The number of pyridine rings is 1. The second kappa shape index (κ2) is 5.61. The summed E-state index contributed by atoms with van der Waals surface area (Å²) in [6.45, 7) is 0.523. The molecule has 0 aliphatic heterocycles. The molecule has 100 valence electrons. The summed E-state index contributed by atoms with van der Waals surface area (Å²) in [5.74, 6) is 1.74. The van der Waals surface area contributed by atoms with Gasteiger partial charge in [-0.2, -0.15) is 0 Å². The number of anilines is 1. The van der Waals surface area contributed by atoms with E-state index < -0.39 is 0 Å². The summed E-state index contributed by atoms with van der Waals surface area (Å²) in [6, 6.07) is 18.4. The van der Waals surface area contributed by atoms with Crippen LogP contribution in [0.2, 0.25) is 0 Å². The SMILES string of the molecule is CNc1ccc(COc2ccc3ccccc3c2)cn1. The third kappa shape index (κ3) is 2.72. The topological polar surface area (TPSA) is 34.1 Å². The lowest BCUT2D eigenvalue weighted by atomic mass is 10.1. The van der Waals surface area contributed by atoms with Crippen molar-refractivity contribution < 1.29 is 4.74 Å². The minimum Gasteiger partial charge on any atom is -0.489 e. The highest BCUT2D eigenvalue weighted by Gasteiger charge is 1.99. The van der Waals surface area contributed by atoms with Crippen LogP contribution >= 0.6 is 0 Å². The smallest absolute Gasteiger partial charge is 0.125 e. The molecule has 3 aromatic rings. The number of ether oxygens (including phenoxy) is 1. The Morgan fingerprint density at radius 2 is 1.85 bits per heavy atom. The van der Waals surface area contributed by atoms with Gasteiger partial charge in [0.15, 0.2) is 0 Å². The second-order valence-corrected chi connectivity index (χ2v) is 4.60. The minimum atomic E-state index is 0.523. The summed E-state index contributed by atoms with van der Waals surface area (Å²) in [5, 5.41) is 5.41. The molecule has 1 N–H and O–H groups in total. The zero-order chi connectivity index (χ0) is 13.8. The molecule has 1 heterocycles. The van der Waals surface area contributed by atoms with Crippen molar-refractivity contribution in [3.8, 4) is 5.75 Å². The number of nitrogens with zero attached hydrogens (tertiary/aromatic N) is 1. The highest BCUT2D eigenvalue weighted by Crippen LogP contribution is 2.21. The van der Waals surface area contributed by atoms with Crippen molar-refractivity contribution in [2.45, 2.75) is 6.61 Å². The molecule has 3 rings (SSSR count). The van der Waals surface area contributed by atoms with Gasteiger partial charge in [-0.25, -0.2) is 4.98 Å². The molecule has 0 spiro atoms. The van der Waals surface area contributed by atoms with Crippen LogP contribution < -0.4 is 10.1 Å². The lowest BCUT2D eigenvalue weighted by Crippen LogP contribution is -1.98. The van der Waals surface area contributed by atoms with Crippen molar-refractivity contribution in [1.29, 1.82) is 0 Å². The lowest BCUT2D eigenvalue weighted by molar-refractivity contribution is 0.306. The van der Waals surface area contributed by atoms with Crippen molar-refractivity contribution in [2.24, 2.45) is 0 Å². The number of fused-ring (bicyclic) bond motifs is 1. The highest BCUT2D eigenvalue weighted by atomic mass is 16.5. The molecule has 1 aromatic heterocycles. The van der Waals surface area contributed by atoms with E-state index in [1.54, 1.807) is 0 Å². The van der Waals surface area contributed by atoms with E-state index in [0.29, 0.717) is 6.61 Å². The maximum Gasteiger partial charge on any atom is 0.125 e. The Morgan fingerprint density at radius 3 is 2.60 bits per heavy atom. The highest BCUT2D eigenvalue weighted by molar-refractivity contribution is 5.83. The molecule has 0 aliphatic rings. The Kier molecular flexibility index (Phi) is 3.50. The van der Waals surface area contributed by atoms with Gasteiger partial charge in [-0.15, -0.1) is 0 Å². The van der Waals surface area contributed by atoms with E-state index in [-0.39, 0.29) is 0 Å². The van der Waals surface area contributed by atoms with E-state index in [1.165, 1.54) is 10.8 Å². The van der Waals surface area contributed by atoms with E-state index in [2.05, 4.69) is 34.6 Å². The third-order valence-electron chi connectivity index (χ3n) is 3.21. The fourth-order valence-corrected chi connectivity index (χ4v) is 2.08. The number of aromatic nitrogens is 1. The van der Waals surface area contributed by atoms with Crippen molar-refractivity contribution in [2.75, 3.05) is 12.4 Å². The monoisotopic (exact) mass is 264 g/mol. The van der Waals surface area contributed by atoms with Crippen molar-refractivity contribution in [3.63, 3.8) is 0 Å². The van der Waals surface area contributed by atoms with E-state index in [4.69, 9.17) is 4.74 Å². The van der Waals surface area contributed by atoms with Gasteiger partial charge in [-0.05, 0) is 29.0 Å². The first-order valence-electron chi connectivity index (χ1n) is 6.59. The van der Waals surface area contributed by atoms with E-state index in [9.17, 15) is 0 Å². The van der Waals surface area contributed by atoms with Gasteiger partial charge in [0.1, 0.15) is 18.2 Å². The summed E-state index contributed by atoms with van der Waals surface area (Å²) in [5.41, 5.74) is 1.05. The molecular formula is C17H16N2O. The molecule has 0 saturated heterocycles. The molecule has 0 radical (unpaired) electrons. The fraction of sp³-hybridized carbons (Fsp3) is 0.118. The van der Waals surface area contributed by atoms with Gasteiger partial charge in [-0.3, -0.25) is 0 Å². The molecule has 3 heteroatoms. The van der Waals surface area contributed by atoms with Crippen LogP contribution in [0.15, 0.2) is 60.8 Å². The first-order chi connectivity index (χ1) is 9.85. The molecule has 0 bridgehead atoms. The normalized spacial score (nSPS) is 10.4. The summed E-state index contributed by atoms with van der Waals surface area (Å²) in [6.07, 6.45) is 1.83. The molecule has 3 nitrogen and oxygen atoms in total. The molecule has 0 aliphatic carbocycles. The maximum absolute atomic E-state index is 5.81. The Morgan fingerprint density at radius 1 is 1.00 bits per heavy atom. The molecule has 0 amide bonds. The van der Waals surface area contributed by atoms with Crippen LogP contribution in [0.25, 0.3) is 10.8 Å². The molecule has 0 fully saturated rings. The fourth-order valence-electron chi connectivity index (χ4n) is 2.08. The van der Waals surface area contributed by atoms with Gasteiger partial charge in [0.2, 0.25) is 0 Å². The summed E-state index contributed by atoms with van der Waals surface area (Å²) >= 11 is 0. The minimum absolute atomic E-state index is 0.523. The van der Waals surface area contributed by atoms with E-state index in [0.717, 1.165) is 17.1 Å². The van der Waals surface area contributed by atoms with Gasteiger partial charge in [-0.1, -0.05) is 36.4 Å². The van der Waals surface area contributed by atoms with E-state index >= 15 is 0 Å². The first kappa shape index (κ1) is 12.5. The van der Waals surface area contributed by atoms with Crippen LogP contribution in [0.5, 0.6) is 5.75 Å². The molecule has 0 atom stereocenters. The van der Waals surface area contributed by atoms with Crippen LogP contribution in [-0.2, 0) is 6.61 Å². The van der Waals surface area contributed by atoms with Crippen molar-refractivity contribution in [1.82, 2.24) is 4.98 Å². The number of nitrogens with one attached hydrogen (secondary N) is 1. The van der Waals surface area contributed by atoms with Crippen LogP contribution in [0, 0.1) is 0 Å². The largest absolute Gasteiger partial charge is 0.489 e. The predicted octanol–water partition coefficient (Wildman–Crippen LogP) is 3.86. The number of hydrogen-bond acceptors (Lipinski definition) is 3. The molecule has 2 aromatic carbocycles. The van der Waals surface area contributed by atoms with Crippen molar-refractivity contribution >= 4 is 16.6 Å². The first-order valence-corrected chi connectivity index (χ1v) is 6.59. The molecular weight excluding hydrogens is 248 g/mol. The predicted molar refractivity (Wildman–Crippen MR) is 82.1 cm³/mol. The second-order valence-electron chi connectivity index (χ2n) is 4.60. The van der Waals surface area contributed by atoms with Gasteiger partial charge in [0.05, 0.1) is 0 Å². The average molecular weight is 264 g/mol. The van der Waals surface area contributed by atoms with Crippen LogP contribution in [0.1, 0.15) is 5.56 Å². The zero-order valence-electron chi connectivity index (χ0n) is 11.3. The number of rotatable bonds is 4. The standard InChI is InChI=1S/C17H16N2O/c1-18-17-9-6-13(11-19-17)12-20-16-8-7-14-4-2-3-5-15(14)10-16/h2-11H,12H2,1H3,(H,18,19). The Hall–Kier alpha value is -2.55. The number of benzene rings is 2. The molecule has 20 heavy (non-hydrogen) atoms. The van der Waals surface area contributed by atoms with Crippen LogP contribution in [0.3, 0.4) is 0 Å². The van der Waals surface area contributed by atoms with Crippen LogP contribution in [-0.4, -0.2) is 12.0 Å². The summed E-state index contributed by atoms with van der Waals surface area (Å²) in [7, 11) is 1.85. The molecule has 0 saturated carbocycles. The Balaban J connectivity index is 1.72. The lowest BCUT2D eigenvalue weighted by Gasteiger charge is -2.08. The Bertz CT molecular complexity index is 708. The van der Waals surface area contributed by atoms with Crippen molar-refractivity contribution in [3.05, 3.63) is 66.4 Å². The number of hydrogen-bond donors (Lipinski definition) is 1. The van der Waals surface area contributed by atoms with Gasteiger partial charge in [0.25, 0.3) is 0 Å². The van der Waals surface area contributed by atoms with Gasteiger partial charge in [0, 0.05) is 18.8 Å². The molecule has 0 unspecified atom stereocenters. The van der Waals surface area contributed by atoms with Gasteiger partial charge >= 0.3 is 0 Å². The van der Waals surface area contributed by atoms with E-state index in [1.807, 2.05) is 43.6 Å². The van der Waals surface area contributed by atoms with Gasteiger partial charge < -0.3 is 10.1 Å². The maximum atomic E-state index is 5.81. The zero-order valence-corrected chi connectivity index (χ0v) is 11.3. The average Bonchev–Trinajstić information content (AvgIpc) is 2.53.